The van der Waals surface area contributed by atoms with Gasteiger partial charge in [0.2, 0.25) is 0 Å². The van der Waals surface area contributed by atoms with E-state index in [0.29, 0.717) is 24.3 Å². The molecule has 1 N–H and O–H groups in total. The first-order chi connectivity index (χ1) is 15.4. The molecule has 0 fully saturated rings. The molecule has 0 unspecified atom stereocenters. The normalized spacial score (nSPS) is 11.7. The Morgan fingerprint density at radius 1 is 0.906 bits per heavy atom. The lowest BCUT2D eigenvalue weighted by Gasteiger charge is -2.30. The number of nitrogens with one attached hydrogen (secondary N) is 1. The second-order valence-corrected chi connectivity index (χ2v) is 8.56. The molecule has 4 rings (SSSR count). The largest absolute Gasteiger partial charge is 0.492 e. The van der Waals surface area contributed by atoms with E-state index in [1.54, 1.807) is 6.07 Å². The van der Waals surface area contributed by atoms with Gasteiger partial charge in [-0.2, -0.15) is 0 Å². The Labute approximate surface area is 189 Å². The van der Waals surface area contributed by atoms with E-state index < -0.39 is 0 Å². The molecule has 0 saturated carbocycles. The van der Waals surface area contributed by atoms with Crippen LogP contribution in [0.15, 0.2) is 71.1 Å². The number of benzene rings is 3. The average molecular weight is 431 g/mol. The van der Waals surface area contributed by atoms with Crippen LogP contribution in [-0.4, -0.2) is 36.0 Å². The van der Waals surface area contributed by atoms with Crippen LogP contribution in [0.3, 0.4) is 0 Å². The molecular formula is C27H30N2O3. The quantitative estimate of drug-likeness (QED) is 0.355. The highest BCUT2D eigenvalue weighted by atomic mass is 16.5. The first-order valence-electron chi connectivity index (χ1n) is 11.1. The van der Waals surface area contributed by atoms with Gasteiger partial charge >= 0.3 is 0 Å². The second kappa shape index (κ2) is 9.45. The van der Waals surface area contributed by atoms with E-state index in [4.69, 9.17) is 9.15 Å². The molecule has 166 valence electrons. The summed E-state index contributed by atoms with van der Waals surface area (Å²) in [6, 6.07) is 21.8. The van der Waals surface area contributed by atoms with Crippen molar-refractivity contribution in [3.8, 4) is 5.75 Å². The summed E-state index contributed by atoms with van der Waals surface area (Å²) in [7, 11) is 0. The lowest BCUT2D eigenvalue weighted by atomic mass is 10.1. The first-order valence-corrected chi connectivity index (χ1v) is 11.1. The highest BCUT2D eigenvalue weighted by molar-refractivity contribution is 6.10. The number of para-hydroxylation sites is 1. The summed E-state index contributed by atoms with van der Waals surface area (Å²) in [5.41, 5.74) is 2.91. The van der Waals surface area contributed by atoms with E-state index in [-0.39, 0.29) is 5.91 Å². The van der Waals surface area contributed by atoms with Crippen molar-refractivity contribution in [3.63, 3.8) is 0 Å². The van der Waals surface area contributed by atoms with Crippen LogP contribution in [0.4, 0.5) is 5.69 Å². The van der Waals surface area contributed by atoms with Gasteiger partial charge in [0, 0.05) is 40.7 Å². The lowest BCUT2D eigenvalue weighted by Crippen LogP contribution is -2.39. The van der Waals surface area contributed by atoms with E-state index in [1.807, 2.05) is 60.7 Å². The highest BCUT2D eigenvalue weighted by Gasteiger charge is 2.13. The zero-order valence-corrected chi connectivity index (χ0v) is 19.1. The van der Waals surface area contributed by atoms with Crippen molar-refractivity contribution < 1.29 is 13.9 Å². The number of carbonyl (C=O) groups excluding carboxylic acids is 1. The Hall–Kier alpha value is -3.31. The van der Waals surface area contributed by atoms with E-state index in [9.17, 15) is 4.79 Å². The predicted molar refractivity (Wildman–Crippen MR) is 131 cm³/mol. The fourth-order valence-electron chi connectivity index (χ4n) is 4.09. The number of hydrogen-bond donors (Lipinski definition) is 1. The molecule has 1 heterocycles. The van der Waals surface area contributed by atoms with Crippen LogP contribution < -0.4 is 10.1 Å². The SMILES string of the molecule is CC(C)N(CCOc1ccc(NC(=O)c2ccc3oc4ccccc4c3c2)cc1)C(C)C. The van der Waals surface area contributed by atoms with Crippen molar-refractivity contribution in [3.05, 3.63) is 72.3 Å². The Bertz CT molecular complexity index is 1200. The van der Waals surface area contributed by atoms with Crippen LogP contribution in [0.25, 0.3) is 21.9 Å². The molecule has 0 aliphatic rings. The highest BCUT2D eigenvalue weighted by Crippen LogP contribution is 2.29. The minimum absolute atomic E-state index is 0.157. The van der Waals surface area contributed by atoms with Gasteiger partial charge in [-0.05, 0) is 76.2 Å². The number of carbonyl (C=O) groups is 1. The monoisotopic (exact) mass is 430 g/mol. The van der Waals surface area contributed by atoms with Gasteiger partial charge < -0.3 is 14.5 Å². The van der Waals surface area contributed by atoms with E-state index in [1.165, 1.54) is 0 Å². The molecule has 0 aliphatic heterocycles. The molecule has 32 heavy (non-hydrogen) atoms. The zero-order chi connectivity index (χ0) is 22.7. The van der Waals surface area contributed by atoms with Crippen LogP contribution in [-0.2, 0) is 0 Å². The summed E-state index contributed by atoms with van der Waals surface area (Å²) in [4.78, 5) is 15.2. The Morgan fingerprint density at radius 2 is 1.59 bits per heavy atom. The summed E-state index contributed by atoms with van der Waals surface area (Å²) in [6.07, 6.45) is 0. The smallest absolute Gasteiger partial charge is 0.255 e. The molecule has 5 heteroatoms. The number of amides is 1. The molecule has 0 bridgehead atoms. The summed E-state index contributed by atoms with van der Waals surface area (Å²) >= 11 is 0. The predicted octanol–water partition coefficient (Wildman–Crippen LogP) is 6.34. The molecule has 0 radical (unpaired) electrons. The number of anilines is 1. The van der Waals surface area contributed by atoms with Crippen LogP contribution >= 0.6 is 0 Å². The number of ether oxygens (including phenoxy) is 1. The first kappa shape index (κ1) is 21.9. The standard InChI is InChI=1S/C27H30N2O3/c1-18(2)29(19(3)4)15-16-31-22-12-10-21(11-13-22)28-27(30)20-9-14-26-24(17-20)23-7-5-6-8-25(23)32-26/h5-14,17-19H,15-16H2,1-4H3,(H,28,30). The molecule has 5 nitrogen and oxygen atoms in total. The Morgan fingerprint density at radius 3 is 2.31 bits per heavy atom. The van der Waals surface area contributed by atoms with E-state index in [0.717, 1.165) is 39.9 Å². The third-order valence-electron chi connectivity index (χ3n) is 5.70. The van der Waals surface area contributed by atoms with Crippen LogP contribution in [0.1, 0.15) is 38.1 Å². The van der Waals surface area contributed by atoms with Crippen molar-refractivity contribution >= 4 is 33.5 Å². The van der Waals surface area contributed by atoms with Gasteiger partial charge in [0.15, 0.2) is 0 Å². The van der Waals surface area contributed by atoms with Crippen molar-refractivity contribution in [1.29, 1.82) is 0 Å². The number of nitrogens with zero attached hydrogens (tertiary/aromatic N) is 1. The third-order valence-corrected chi connectivity index (χ3v) is 5.70. The lowest BCUT2D eigenvalue weighted by molar-refractivity contribution is 0.102. The molecule has 0 spiro atoms. The van der Waals surface area contributed by atoms with Crippen molar-refractivity contribution in [2.75, 3.05) is 18.5 Å². The van der Waals surface area contributed by atoms with Gasteiger partial charge in [0.25, 0.3) is 5.91 Å². The maximum Gasteiger partial charge on any atom is 0.255 e. The molecule has 1 amide bonds. The number of furan rings is 1. The van der Waals surface area contributed by atoms with Crippen molar-refractivity contribution in [1.82, 2.24) is 4.90 Å². The molecule has 1 aromatic heterocycles. The van der Waals surface area contributed by atoms with E-state index in [2.05, 4.69) is 37.9 Å². The van der Waals surface area contributed by atoms with Crippen LogP contribution in [0.5, 0.6) is 5.75 Å². The topological polar surface area (TPSA) is 54.7 Å². The molecule has 0 saturated heterocycles. The molecule has 3 aromatic carbocycles. The van der Waals surface area contributed by atoms with Gasteiger partial charge in [-0.1, -0.05) is 18.2 Å². The fourth-order valence-corrected chi connectivity index (χ4v) is 4.09. The summed E-state index contributed by atoms with van der Waals surface area (Å²) in [5, 5.41) is 4.91. The molecule has 4 aromatic rings. The molecular weight excluding hydrogens is 400 g/mol. The Kier molecular flexibility index (Phi) is 6.47. The van der Waals surface area contributed by atoms with Crippen molar-refractivity contribution in [2.24, 2.45) is 0 Å². The second-order valence-electron chi connectivity index (χ2n) is 8.56. The van der Waals surface area contributed by atoms with Crippen LogP contribution in [0, 0.1) is 0 Å². The van der Waals surface area contributed by atoms with Gasteiger partial charge in [-0.15, -0.1) is 0 Å². The van der Waals surface area contributed by atoms with Gasteiger partial charge in [0.1, 0.15) is 23.5 Å². The number of fused-ring (bicyclic) bond motifs is 3. The van der Waals surface area contributed by atoms with E-state index >= 15 is 0 Å². The Balaban J connectivity index is 1.39. The zero-order valence-electron chi connectivity index (χ0n) is 19.1. The fraction of sp³-hybridized carbons (Fsp3) is 0.296. The van der Waals surface area contributed by atoms with Gasteiger partial charge in [-0.3, -0.25) is 9.69 Å². The number of rotatable bonds is 8. The summed E-state index contributed by atoms with van der Waals surface area (Å²) in [5.74, 6) is 0.636. The minimum Gasteiger partial charge on any atom is -0.492 e. The summed E-state index contributed by atoms with van der Waals surface area (Å²) < 4.78 is 11.7. The average Bonchev–Trinajstić information content (AvgIpc) is 3.15. The summed E-state index contributed by atoms with van der Waals surface area (Å²) in [6.45, 7) is 10.3. The van der Waals surface area contributed by atoms with Crippen molar-refractivity contribution in [2.45, 2.75) is 39.8 Å². The molecule has 0 atom stereocenters. The van der Waals surface area contributed by atoms with Crippen LogP contribution in [0.2, 0.25) is 0 Å². The maximum absolute atomic E-state index is 12.8. The minimum atomic E-state index is -0.157. The number of hydrogen-bond acceptors (Lipinski definition) is 4. The molecule has 0 aliphatic carbocycles. The maximum atomic E-state index is 12.8. The third kappa shape index (κ3) is 4.78. The van der Waals surface area contributed by atoms with Gasteiger partial charge in [0.05, 0.1) is 0 Å². The van der Waals surface area contributed by atoms with Gasteiger partial charge in [-0.25, -0.2) is 0 Å².